The van der Waals surface area contributed by atoms with Gasteiger partial charge in [0.15, 0.2) is 6.67 Å². The highest BCUT2D eigenvalue weighted by atomic mass is 16.3. The third-order valence-electron chi connectivity index (χ3n) is 1.11. The van der Waals surface area contributed by atoms with Crippen LogP contribution >= 0.6 is 0 Å². The second kappa shape index (κ2) is 4.81. The minimum atomic E-state index is -0.500. The van der Waals surface area contributed by atoms with E-state index in [0.717, 1.165) is 6.67 Å². The van der Waals surface area contributed by atoms with Gasteiger partial charge in [-0.15, -0.1) is 0 Å². The Balaban J connectivity index is 0.000000236. The number of quaternary nitrogens is 1. The molecule has 0 bridgehead atoms. The zero-order valence-corrected chi connectivity index (χ0v) is 6.20. The molecule has 0 aliphatic carbocycles. The maximum Gasteiger partial charge on any atom is 0.156 e. The minimum absolute atomic E-state index is 0.500. The smallest absolute Gasteiger partial charge is 0.156 e. The van der Waals surface area contributed by atoms with Gasteiger partial charge in [0.2, 0.25) is 0 Å². The van der Waals surface area contributed by atoms with Crippen molar-refractivity contribution >= 4 is 6.47 Å². The first-order chi connectivity index (χ1) is 4.70. The summed E-state index contributed by atoms with van der Waals surface area (Å²) < 4.78 is 0. The van der Waals surface area contributed by atoms with Crippen LogP contribution in [0.5, 0.6) is 0 Å². The molecule has 0 saturated heterocycles. The third-order valence-corrected chi connectivity index (χ3v) is 1.11. The molecule has 1 atom stereocenters. The van der Waals surface area contributed by atoms with Gasteiger partial charge in [0.25, 0.3) is 0 Å². The fourth-order valence-electron chi connectivity index (χ4n) is 0.753. The van der Waals surface area contributed by atoms with Crippen LogP contribution in [0.25, 0.3) is 0 Å². The molecule has 1 aliphatic rings. The lowest BCUT2D eigenvalue weighted by molar-refractivity contribution is -0.826. The molecule has 0 amide bonds. The van der Waals surface area contributed by atoms with E-state index in [2.05, 4.69) is 31.4 Å². The molecular formula is C6H12N2O2. The van der Waals surface area contributed by atoms with E-state index in [-0.39, 0.29) is 0 Å². The summed E-state index contributed by atoms with van der Waals surface area (Å²) in [5.74, 6) is 0. The van der Waals surface area contributed by atoms with Crippen LogP contribution < -0.4 is 10.0 Å². The number of carbonyl (C=O) groups excluding carboxylic acids is 1. The summed E-state index contributed by atoms with van der Waals surface area (Å²) in [5.41, 5.74) is 0. The molecule has 1 heterocycles. The molecular weight excluding hydrogens is 132 g/mol. The highest BCUT2D eigenvalue weighted by molar-refractivity contribution is 5.29. The normalized spacial score (nSPS) is 21.8. The quantitative estimate of drug-likeness (QED) is 0.375. The average Bonchev–Trinajstić information content (AvgIpc) is 2.17. The summed E-state index contributed by atoms with van der Waals surface area (Å²) in [6.45, 7) is 0.611. The largest absolute Gasteiger partial charge is 0.554 e. The first-order valence-electron chi connectivity index (χ1n) is 2.97. The van der Waals surface area contributed by atoms with Crippen molar-refractivity contribution in [1.29, 1.82) is 0 Å². The number of nitrogens with zero attached hydrogens (tertiary/aromatic N) is 1. The lowest BCUT2D eigenvalue weighted by Crippen LogP contribution is -3.03. The predicted molar refractivity (Wildman–Crippen MR) is 34.7 cm³/mol. The number of carboxylic acid groups (broad SMARTS) is 1. The first-order valence-corrected chi connectivity index (χ1v) is 2.97. The van der Waals surface area contributed by atoms with E-state index >= 15 is 0 Å². The van der Waals surface area contributed by atoms with E-state index < -0.39 is 6.47 Å². The molecule has 0 spiro atoms. The Hall–Kier alpha value is -1.03. The van der Waals surface area contributed by atoms with Crippen LogP contribution in [0, 0.1) is 0 Å². The zero-order chi connectivity index (χ0) is 7.98. The van der Waals surface area contributed by atoms with Gasteiger partial charge in [-0.3, -0.25) is 4.90 Å². The molecule has 4 heteroatoms. The topological polar surface area (TPSA) is 47.8 Å². The highest BCUT2D eigenvalue weighted by Gasteiger charge is 2.05. The minimum Gasteiger partial charge on any atom is -0.554 e. The maximum atomic E-state index is 8.25. The molecule has 1 aliphatic heterocycles. The molecule has 0 saturated carbocycles. The number of carbonyl (C=O) groups is 1. The molecule has 0 aromatic heterocycles. The van der Waals surface area contributed by atoms with Crippen molar-refractivity contribution in [1.82, 2.24) is 4.90 Å². The van der Waals surface area contributed by atoms with Gasteiger partial charge in [0.05, 0.1) is 13.2 Å². The van der Waals surface area contributed by atoms with Crippen molar-refractivity contribution in [2.75, 3.05) is 20.8 Å². The molecule has 0 radical (unpaired) electrons. The van der Waals surface area contributed by atoms with Crippen molar-refractivity contribution in [2.45, 2.75) is 0 Å². The van der Waals surface area contributed by atoms with Gasteiger partial charge in [0.1, 0.15) is 6.20 Å². The fourth-order valence-corrected chi connectivity index (χ4v) is 0.753. The van der Waals surface area contributed by atoms with Crippen molar-refractivity contribution in [3.63, 3.8) is 0 Å². The summed E-state index contributed by atoms with van der Waals surface area (Å²) in [5, 5.41) is 8.25. The molecule has 1 unspecified atom stereocenters. The average molecular weight is 144 g/mol. The number of rotatable bonds is 0. The molecule has 1 rings (SSSR count). The van der Waals surface area contributed by atoms with Gasteiger partial charge < -0.3 is 14.8 Å². The Morgan fingerprint density at radius 1 is 1.80 bits per heavy atom. The fraction of sp³-hybridized carbons (Fsp3) is 0.500. The van der Waals surface area contributed by atoms with E-state index in [1.165, 1.54) is 4.90 Å². The van der Waals surface area contributed by atoms with Crippen molar-refractivity contribution in [3.05, 3.63) is 12.4 Å². The summed E-state index contributed by atoms with van der Waals surface area (Å²) in [6, 6.07) is 0. The van der Waals surface area contributed by atoms with Crippen LogP contribution in [0.1, 0.15) is 0 Å². The molecule has 10 heavy (non-hydrogen) atoms. The second-order valence-electron chi connectivity index (χ2n) is 2.17. The summed E-state index contributed by atoms with van der Waals surface area (Å²) >= 11 is 0. The van der Waals surface area contributed by atoms with Crippen LogP contribution in [0.2, 0.25) is 0 Å². The standard InChI is InChI=1S/C5H10N2.CH2O2/c1-6-3-4-7(2)5-6;2-1-3/h3-4H,5H2,1-2H3;1H,(H,2,3). The van der Waals surface area contributed by atoms with Crippen LogP contribution in [-0.2, 0) is 4.79 Å². The van der Waals surface area contributed by atoms with Crippen LogP contribution in [-0.4, -0.2) is 32.1 Å². The van der Waals surface area contributed by atoms with Gasteiger partial charge >= 0.3 is 0 Å². The van der Waals surface area contributed by atoms with E-state index in [1.54, 1.807) is 0 Å². The SMILES string of the molecule is CN1C=C[NH+](C)C1.O=C[O-]. The Labute approximate surface area is 60.3 Å². The molecule has 0 fully saturated rings. The van der Waals surface area contributed by atoms with Crippen LogP contribution in [0.15, 0.2) is 12.4 Å². The summed E-state index contributed by atoms with van der Waals surface area (Å²) in [4.78, 5) is 11.9. The molecule has 4 nitrogen and oxygen atoms in total. The molecule has 58 valence electrons. The zero-order valence-electron chi connectivity index (χ0n) is 6.20. The summed E-state index contributed by atoms with van der Waals surface area (Å²) in [7, 11) is 4.22. The van der Waals surface area contributed by atoms with Gasteiger partial charge in [-0.2, -0.15) is 0 Å². The van der Waals surface area contributed by atoms with Gasteiger partial charge in [-0.1, -0.05) is 0 Å². The predicted octanol–water partition coefficient (Wildman–Crippen LogP) is -2.76. The third kappa shape index (κ3) is 3.91. The first kappa shape index (κ1) is 8.97. The number of nitrogens with one attached hydrogen (secondary N) is 1. The lowest BCUT2D eigenvalue weighted by atomic mass is 10.9. The number of hydrogen-bond donors (Lipinski definition) is 1. The Morgan fingerprint density at radius 3 is 2.40 bits per heavy atom. The van der Waals surface area contributed by atoms with E-state index in [1.807, 2.05) is 0 Å². The Kier molecular flexibility index (Phi) is 4.32. The molecule has 1 N–H and O–H groups in total. The van der Waals surface area contributed by atoms with Crippen molar-refractivity contribution < 1.29 is 14.8 Å². The van der Waals surface area contributed by atoms with Gasteiger partial charge in [0, 0.05) is 13.5 Å². The van der Waals surface area contributed by atoms with Gasteiger partial charge in [-0.05, 0) is 0 Å². The molecule has 0 aromatic carbocycles. The Morgan fingerprint density at radius 2 is 2.30 bits per heavy atom. The number of hydrogen-bond acceptors (Lipinski definition) is 3. The van der Waals surface area contributed by atoms with E-state index in [4.69, 9.17) is 9.90 Å². The summed E-state index contributed by atoms with van der Waals surface area (Å²) in [6.07, 6.45) is 4.23. The lowest BCUT2D eigenvalue weighted by Gasteiger charge is -2.05. The van der Waals surface area contributed by atoms with Crippen LogP contribution in [0.4, 0.5) is 0 Å². The van der Waals surface area contributed by atoms with E-state index in [0.29, 0.717) is 0 Å². The highest BCUT2D eigenvalue weighted by Crippen LogP contribution is 1.79. The van der Waals surface area contributed by atoms with E-state index in [9.17, 15) is 0 Å². The second-order valence-corrected chi connectivity index (χ2v) is 2.17. The maximum absolute atomic E-state index is 8.25. The van der Waals surface area contributed by atoms with Crippen LogP contribution in [0.3, 0.4) is 0 Å². The van der Waals surface area contributed by atoms with Crippen molar-refractivity contribution in [3.8, 4) is 0 Å². The monoisotopic (exact) mass is 144 g/mol. The van der Waals surface area contributed by atoms with Gasteiger partial charge in [-0.25, -0.2) is 0 Å². The van der Waals surface area contributed by atoms with Crippen molar-refractivity contribution in [2.24, 2.45) is 0 Å². The molecule has 0 aromatic rings. The Bertz CT molecular complexity index is 115.